The Balaban J connectivity index is 1.83. The third-order valence-corrected chi connectivity index (χ3v) is 3.86. The zero-order chi connectivity index (χ0) is 16.6. The molecular formula is C13H14F3N5O2. The second-order valence-electron chi connectivity index (χ2n) is 5.27. The number of carbonyl (C=O) groups is 1. The van der Waals surface area contributed by atoms with Gasteiger partial charge in [0.2, 0.25) is 0 Å². The van der Waals surface area contributed by atoms with E-state index >= 15 is 0 Å². The van der Waals surface area contributed by atoms with E-state index in [1.165, 1.54) is 13.2 Å². The van der Waals surface area contributed by atoms with E-state index in [2.05, 4.69) is 15.3 Å². The van der Waals surface area contributed by atoms with E-state index in [1.807, 2.05) is 4.90 Å². The number of nitrogens with zero attached hydrogens (tertiary/aromatic N) is 5. The van der Waals surface area contributed by atoms with Crippen LogP contribution < -0.4 is 4.90 Å². The average molecular weight is 329 g/mol. The normalized spacial score (nSPS) is 16.8. The van der Waals surface area contributed by atoms with Crippen LogP contribution in [-0.4, -0.2) is 46.0 Å². The summed E-state index contributed by atoms with van der Waals surface area (Å²) in [6.45, 7) is 1.03. The number of hydrogen-bond donors (Lipinski definition) is 0. The monoisotopic (exact) mass is 329 g/mol. The van der Waals surface area contributed by atoms with E-state index in [4.69, 9.17) is 4.74 Å². The number of fused-ring (bicyclic) bond motifs is 1. The van der Waals surface area contributed by atoms with Crippen LogP contribution in [-0.2, 0) is 15.7 Å². The van der Waals surface area contributed by atoms with Crippen LogP contribution in [0, 0.1) is 5.92 Å². The summed E-state index contributed by atoms with van der Waals surface area (Å²) in [5.74, 6) is -1.20. The van der Waals surface area contributed by atoms with Gasteiger partial charge in [-0.05, 0) is 25.0 Å². The molecular weight excluding hydrogens is 315 g/mol. The van der Waals surface area contributed by atoms with Gasteiger partial charge in [0.1, 0.15) is 5.82 Å². The smallest absolute Gasteiger partial charge is 0.453 e. The minimum Gasteiger partial charge on any atom is -0.469 e. The lowest BCUT2D eigenvalue weighted by molar-refractivity contribution is -0.147. The second-order valence-corrected chi connectivity index (χ2v) is 5.27. The molecule has 1 saturated heterocycles. The van der Waals surface area contributed by atoms with Crippen molar-refractivity contribution in [2.75, 3.05) is 25.1 Å². The summed E-state index contributed by atoms with van der Waals surface area (Å²) in [6, 6.07) is 3.04. The molecule has 3 rings (SSSR count). The molecule has 0 unspecified atom stereocenters. The average Bonchev–Trinajstić information content (AvgIpc) is 2.97. The molecule has 3 heterocycles. The SMILES string of the molecule is COC(=O)C1CCN(c2ccc3nnc(C(F)(F)F)n3n2)CC1. The molecule has 2 aromatic heterocycles. The molecule has 0 radical (unpaired) electrons. The van der Waals surface area contributed by atoms with Crippen molar-refractivity contribution in [3.8, 4) is 0 Å². The van der Waals surface area contributed by atoms with E-state index in [0.29, 0.717) is 36.3 Å². The summed E-state index contributed by atoms with van der Waals surface area (Å²) in [4.78, 5) is 13.3. The van der Waals surface area contributed by atoms with Gasteiger partial charge in [-0.25, -0.2) is 0 Å². The highest BCUT2D eigenvalue weighted by Gasteiger charge is 2.38. The summed E-state index contributed by atoms with van der Waals surface area (Å²) in [6.07, 6.45) is -3.48. The van der Waals surface area contributed by atoms with Crippen LogP contribution in [0.2, 0.25) is 0 Å². The van der Waals surface area contributed by atoms with Crippen molar-refractivity contribution in [2.24, 2.45) is 5.92 Å². The molecule has 0 atom stereocenters. The Hall–Kier alpha value is -2.39. The Morgan fingerprint density at radius 2 is 1.96 bits per heavy atom. The highest BCUT2D eigenvalue weighted by molar-refractivity contribution is 5.72. The van der Waals surface area contributed by atoms with Crippen LogP contribution in [0.3, 0.4) is 0 Å². The first-order chi connectivity index (χ1) is 10.9. The summed E-state index contributed by atoms with van der Waals surface area (Å²) in [5.41, 5.74) is 0.0329. The molecule has 0 N–H and O–H groups in total. The van der Waals surface area contributed by atoms with Crippen molar-refractivity contribution in [3.63, 3.8) is 0 Å². The van der Waals surface area contributed by atoms with E-state index < -0.39 is 12.0 Å². The summed E-state index contributed by atoms with van der Waals surface area (Å²) >= 11 is 0. The molecule has 0 amide bonds. The lowest BCUT2D eigenvalue weighted by atomic mass is 9.97. The lowest BCUT2D eigenvalue weighted by Crippen LogP contribution is -2.37. The maximum absolute atomic E-state index is 12.9. The molecule has 1 aliphatic rings. The Bertz CT molecular complexity index is 722. The largest absolute Gasteiger partial charge is 0.469 e. The van der Waals surface area contributed by atoms with Crippen LogP contribution in [0.1, 0.15) is 18.7 Å². The van der Waals surface area contributed by atoms with Crippen molar-refractivity contribution in [2.45, 2.75) is 19.0 Å². The predicted molar refractivity (Wildman–Crippen MR) is 72.7 cm³/mol. The van der Waals surface area contributed by atoms with Crippen LogP contribution >= 0.6 is 0 Å². The third kappa shape index (κ3) is 2.92. The zero-order valence-corrected chi connectivity index (χ0v) is 12.2. The molecule has 0 aliphatic carbocycles. The van der Waals surface area contributed by atoms with E-state index in [-0.39, 0.29) is 17.5 Å². The van der Waals surface area contributed by atoms with Crippen molar-refractivity contribution >= 4 is 17.4 Å². The molecule has 2 aromatic rings. The maximum atomic E-state index is 12.9. The first-order valence-electron chi connectivity index (χ1n) is 7.02. The fourth-order valence-corrected chi connectivity index (χ4v) is 2.64. The molecule has 124 valence electrons. The van der Waals surface area contributed by atoms with Gasteiger partial charge in [0.05, 0.1) is 13.0 Å². The Kier molecular flexibility index (Phi) is 3.82. The minimum absolute atomic E-state index is 0.0329. The van der Waals surface area contributed by atoms with Crippen molar-refractivity contribution < 1.29 is 22.7 Å². The number of methoxy groups -OCH3 is 1. The fourth-order valence-electron chi connectivity index (χ4n) is 2.64. The molecule has 0 saturated carbocycles. The van der Waals surface area contributed by atoms with Crippen molar-refractivity contribution in [3.05, 3.63) is 18.0 Å². The first kappa shape index (κ1) is 15.5. The number of halogens is 3. The number of aromatic nitrogens is 4. The molecule has 10 heteroatoms. The first-order valence-corrected chi connectivity index (χ1v) is 7.02. The van der Waals surface area contributed by atoms with Crippen LogP contribution in [0.15, 0.2) is 12.1 Å². The van der Waals surface area contributed by atoms with Gasteiger partial charge in [0.15, 0.2) is 5.65 Å². The standard InChI is InChI=1S/C13H14F3N5O2/c1-23-11(22)8-4-6-20(7-5-8)10-3-2-9-17-18-12(13(14,15)16)21(9)19-10/h2-3,8H,4-7H2,1H3. The summed E-state index contributed by atoms with van der Waals surface area (Å²) < 4.78 is 44.0. The van der Waals surface area contributed by atoms with Gasteiger partial charge < -0.3 is 9.64 Å². The number of rotatable bonds is 2. The third-order valence-electron chi connectivity index (χ3n) is 3.86. The highest BCUT2D eigenvalue weighted by Crippen LogP contribution is 2.28. The van der Waals surface area contributed by atoms with Crippen LogP contribution in [0.25, 0.3) is 5.65 Å². The van der Waals surface area contributed by atoms with E-state index in [1.54, 1.807) is 6.07 Å². The van der Waals surface area contributed by atoms with Gasteiger partial charge in [0.25, 0.3) is 5.82 Å². The van der Waals surface area contributed by atoms with Gasteiger partial charge in [-0.2, -0.15) is 17.7 Å². The number of esters is 1. The second kappa shape index (κ2) is 5.67. The van der Waals surface area contributed by atoms with Crippen molar-refractivity contribution in [1.82, 2.24) is 19.8 Å². The molecule has 23 heavy (non-hydrogen) atoms. The van der Waals surface area contributed by atoms with E-state index in [0.717, 1.165) is 0 Å². The van der Waals surface area contributed by atoms with E-state index in [9.17, 15) is 18.0 Å². The number of hydrogen-bond acceptors (Lipinski definition) is 6. The number of anilines is 1. The summed E-state index contributed by atoms with van der Waals surface area (Å²) in [7, 11) is 1.34. The predicted octanol–water partition coefficient (Wildman–Crippen LogP) is 1.53. The Morgan fingerprint density at radius 3 is 2.57 bits per heavy atom. The number of carbonyl (C=O) groups excluding carboxylic acids is 1. The van der Waals surface area contributed by atoms with Gasteiger partial charge in [-0.1, -0.05) is 0 Å². The number of piperidine rings is 1. The van der Waals surface area contributed by atoms with Gasteiger partial charge in [-0.15, -0.1) is 15.3 Å². The fraction of sp³-hybridized carbons (Fsp3) is 0.538. The topological polar surface area (TPSA) is 72.6 Å². The molecule has 7 nitrogen and oxygen atoms in total. The molecule has 1 fully saturated rings. The molecule has 0 aromatic carbocycles. The Labute approximate surface area is 129 Å². The molecule has 0 bridgehead atoms. The van der Waals surface area contributed by atoms with Gasteiger partial charge in [-0.3, -0.25) is 4.79 Å². The van der Waals surface area contributed by atoms with Crippen molar-refractivity contribution in [1.29, 1.82) is 0 Å². The van der Waals surface area contributed by atoms with Gasteiger partial charge >= 0.3 is 12.1 Å². The quantitative estimate of drug-likeness (QED) is 0.778. The molecule has 0 spiro atoms. The number of ether oxygens (including phenoxy) is 1. The number of alkyl halides is 3. The zero-order valence-electron chi connectivity index (χ0n) is 12.2. The Morgan fingerprint density at radius 1 is 1.26 bits per heavy atom. The lowest BCUT2D eigenvalue weighted by Gasteiger charge is -2.31. The highest BCUT2D eigenvalue weighted by atomic mass is 19.4. The maximum Gasteiger partial charge on any atom is 0.453 e. The summed E-state index contributed by atoms with van der Waals surface area (Å²) in [5, 5.41) is 10.6. The molecule has 1 aliphatic heterocycles. The minimum atomic E-state index is -4.62. The van der Waals surface area contributed by atoms with Crippen LogP contribution in [0.5, 0.6) is 0 Å². The van der Waals surface area contributed by atoms with Crippen LogP contribution in [0.4, 0.5) is 19.0 Å². The van der Waals surface area contributed by atoms with Gasteiger partial charge in [0, 0.05) is 13.1 Å².